The van der Waals surface area contributed by atoms with Crippen LogP contribution in [-0.2, 0) is 0 Å². The van der Waals surface area contributed by atoms with Crippen LogP contribution in [-0.4, -0.2) is 24.9 Å². The summed E-state index contributed by atoms with van der Waals surface area (Å²) in [4.78, 5) is 14.1. The number of hydrogen-bond acceptors (Lipinski definition) is 2. The molecule has 2 bridgehead atoms. The summed E-state index contributed by atoms with van der Waals surface area (Å²) in [7, 11) is 3.65. The maximum absolute atomic E-state index is 12.5. The lowest BCUT2D eigenvalue weighted by molar-refractivity contribution is 0.0827. The second kappa shape index (κ2) is 5.87. The van der Waals surface area contributed by atoms with Gasteiger partial charge in [-0.25, -0.2) is 0 Å². The summed E-state index contributed by atoms with van der Waals surface area (Å²) in [6, 6.07) is 17.6. The van der Waals surface area contributed by atoms with Crippen molar-refractivity contribution in [3.63, 3.8) is 0 Å². The Morgan fingerprint density at radius 1 is 1.04 bits per heavy atom. The summed E-state index contributed by atoms with van der Waals surface area (Å²) in [5, 5.41) is 3.84. The first-order valence-electron chi connectivity index (χ1n) is 9.80. The van der Waals surface area contributed by atoms with E-state index >= 15 is 0 Å². The molecule has 0 radical (unpaired) electrons. The zero-order valence-corrected chi connectivity index (χ0v) is 15.5. The molecule has 1 amide bonds. The van der Waals surface area contributed by atoms with Crippen molar-refractivity contribution in [2.45, 2.75) is 31.2 Å². The van der Waals surface area contributed by atoms with Crippen LogP contribution in [0.3, 0.4) is 0 Å². The van der Waals surface area contributed by atoms with Crippen LogP contribution in [0.4, 0.5) is 5.69 Å². The zero-order chi connectivity index (χ0) is 17.8. The first-order valence-corrected chi connectivity index (χ1v) is 9.80. The normalized spacial score (nSPS) is 31.1. The molecule has 3 aliphatic rings. The predicted octanol–water partition coefficient (Wildman–Crippen LogP) is 4.68. The van der Waals surface area contributed by atoms with Crippen LogP contribution >= 0.6 is 0 Å². The standard InChI is InChI=1S/C23H26N2O/c1-25(2)23(26)17-10-11-19-18(13-17)20-15-8-9-16(12-15)21(20)22(24-19)14-6-4-3-5-7-14/h3-7,10-11,13,15-16,20-22,24H,8-9,12H2,1-2H3/t15-,16-,20-,21-,22-/m0/s1. The molecule has 26 heavy (non-hydrogen) atoms. The first kappa shape index (κ1) is 15.9. The molecule has 0 spiro atoms. The second-order valence-electron chi connectivity index (χ2n) is 8.47. The summed E-state index contributed by atoms with van der Waals surface area (Å²) in [6.07, 6.45) is 4.06. The number of benzene rings is 2. The summed E-state index contributed by atoms with van der Waals surface area (Å²) >= 11 is 0. The van der Waals surface area contributed by atoms with Gasteiger partial charge in [-0.05, 0) is 72.3 Å². The molecule has 1 heterocycles. The maximum atomic E-state index is 12.5. The van der Waals surface area contributed by atoms with E-state index in [1.807, 2.05) is 20.2 Å². The van der Waals surface area contributed by atoms with Gasteiger partial charge in [-0.1, -0.05) is 30.3 Å². The highest BCUT2D eigenvalue weighted by molar-refractivity contribution is 5.94. The zero-order valence-electron chi connectivity index (χ0n) is 15.5. The smallest absolute Gasteiger partial charge is 0.253 e. The third-order valence-corrected chi connectivity index (χ3v) is 6.90. The molecule has 5 atom stereocenters. The van der Waals surface area contributed by atoms with Crippen molar-refractivity contribution in [2.75, 3.05) is 19.4 Å². The summed E-state index contributed by atoms with van der Waals surface area (Å²) in [5.41, 5.74) is 4.81. The minimum atomic E-state index is 0.0951. The fourth-order valence-electron chi connectivity index (χ4n) is 5.87. The van der Waals surface area contributed by atoms with Crippen LogP contribution in [0.5, 0.6) is 0 Å². The van der Waals surface area contributed by atoms with Gasteiger partial charge in [-0.15, -0.1) is 0 Å². The van der Waals surface area contributed by atoms with Crippen molar-refractivity contribution in [1.82, 2.24) is 4.90 Å². The van der Waals surface area contributed by atoms with Crippen molar-refractivity contribution >= 4 is 11.6 Å². The molecule has 1 aliphatic heterocycles. The summed E-state index contributed by atoms with van der Waals surface area (Å²) < 4.78 is 0. The molecule has 5 rings (SSSR count). The van der Waals surface area contributed by atoms with Crippen molar-refractivity contribution in [1.29, 1.82) is 0 Å². The van der Waals surface area contributed by atoms with Gasteiger partial charge in [-0.3, -0.25) is 4.79 Å². The summed E-state index contributed by atoms with van der Waals surface area (Å²) in [6.45, 7) is 0. The number of carbonyl (C=O) groups excluding carboxylic acids is 1. The molecule has 2 aromatic rings. The van der Waals surface area contributed by atoms with Crippen molar-refractivity contribution in [3.05, 3.63) is 65.2 Å². The van der Waals surface area contributed by atoms with Gasteiger partial charge in [0.15, 0.2) is 0 Å². The van der Waals surface area contributed by atoms with E-state index in [0.717, 1.165) is 17.4 Å². The molecule has 1 N–H and O–H groups in total. The van der Waals surface area contributed by atoms with E-state index < -0.39 is 0 Å². The number of carbonyl (C=O) groups is 1. The maximum Gasteiger partial charge on any atom is 0.253 e. The Kier molecular flexibility index (Phi) is 3.59. The van der Waals surface area contributed by atoms with Gasteiger partial charge in [0.25, 0.3) is 5.91 Å². The Morgan fingerprint density at radius 3 is 2.58 bits per heavy atom. The lowest BCUT2D eigenvalue weighted by Gasteiger charge is -2.43. The molecule has 2 aromatic carbocycles. The van der Waals surface area contributed by atoms with E-state index in [0.29, 0.717) is 17.9 Å². The molecule has 3 nitrogen and oxygen atoms in total. The van der Waals surface area contributed by atoms with Crippen molar-refractivity contribution in [3.8, 4) is 0 Å². The van der Waals surface area contributed by atoms with E-state index in [-0.39, 0.29) is 5.91 Å². The van der Waals surface area contributed by atoms with Crippen molar-refractivity contribution in [2.24, 2.45) is 17.8 Å². The minimum Gasteiger partial charge on any atom is -0.378 e. The van der Waals surface area contributed by atoms with E-state index in [4.69, 9.17) is 0 Å². The number of nitrogens with one attached hydrogen (secondary N) is 1. The van der Waals surface area contributed by atoms with Crippen LogP contribution in [0.15, 0.2) is 48.5 Å². The minimum absolute atomic E-state index is 0.0951. The van der Waals surface area contributed by atoms with E-state index in [2.05, 4.69) is 47.8 Å². The van der Waals surface area contributed by atoms with E-state index in [1.54, 1.807) is 4.90 Å². The Hall–Kier alpha value is -2.29. The number of nitrogens with zero attached hydrogens (tertiary/aromatic N) is 1. The Labute approximate surface area is 155 Å². The topological polar surface area (TPSA) is 32.3 Å². The Morgan fingerprint density at radius 2 is 1.81 bits per heavy atom. The number of anilines is 1. The van der Waals surface area contributed by atoms with Gasteiger partial charge >= 0.3 is 0 Å². The molecule has 2 saturated carbocycles. The van der Waals surface area contributed by atoms with Gasteiger partial charge in [-0.2, -0.15) is 0 Å². The SMILES string of the molecule is CN(C)C(=O)c1ccc2c(c1)[C@@H]1[C@H]3CC[C@@H](C3)[C@@H]1[C@H](c1ccccc1)N2. The Balaban J connectivity index is 1.60. The monoisotopic (exact) mass is 346 g/mol. The quantitative estimate of drug-likeness (QED) is 0.856. The number of fused-ring (bicyclic) bond motifs is 7. The van der Waals surface area contributed by atoms with Crippen LogP contribution in [0, 0.1) is 17.8 Å². The highest BCUT2D eigenvalue weighted by Crippen LogP contribution is 2.63. The van der Waals surface area contributed by atoms with Gasteiger partial charge in [0.1, 0.15) is 0 Å². The average molecular weight is 346 g/mol. The number of hydrogen-bond donors (Lipinski definition) is 1. The molecular formula is C23H26N2O. The van der Waals surface area contributed by atoms with Crippen LogP contribution in [0.1, 0.15) is 52.7 Å². The third kappa shape index (κ3) is 2.29. The molecule has 0 saturated heterocycles. The molecule has 134 valence electrons. The van der Waals surface area contributed by atoms with Gasteiger partial charge in [0.05, 0.1) is 6.04 Å². The molecule has 2 aliphatic carbocycles. The van der Waals surface area contributed by atoms with Gasteiger partial charge < -0.3 is 10.2 Å². The Bertz CT molecular complexity index is 845. The van der Waals surface area contributed by atoms with Crippen LogP contribution in [0.2, 0.25) is 0 Å². The fourth-order valence-corrected chi connectivity index (χ4v) is 5.87. The molecule has 2 fully saturated rings. The molecule has 3 heteroatoms. The number of rotatable bonds is 2. The van der Waals surface area contributed by atoms with Crippen LogP contribution in [0.25, 0.3) is 0 Å². The lowest BCUT2D eigenvalue weighted by atomic mass is 9.68. The number of amides is 1. The summed E-state index contributed by atoms with van der Waals surface area (Å²) in [5.74, 6) is 2.92. The third-order valence-electron chi connectivity index (χ3n) is 6.90. The first-order chi connectivity index (χ1) is 12.6. The second-order valence-corrected chi connectivity index (χ2v) is 8.47. The van der Waals surface area contributed by atoms with Crippen molar-refractivity contribution < 1.29 is 4.79 Å². The van der Waals surface area contributed by atoms with Gasteiger partial charge in [0, 0.05) is 25.3 Å². The largest absolute Gasteiger partial charge is 0.378 e. The molecule has 0 unspecified atom stereocenters. The molecule has 0 aromatic heterocycles. The fraction of sp³-hybridized carbons (Fsp3) is 0.435. The van der Waals surface area contributed by atoms with Crippen LogP contribution < -0.4 is 5.32 Å². The highest BCUT2D eigenvalue weighted by atomic mass is 16.2. The van der Waals surface area contributed by atoms with E-state index in [1.165, 1.54) is 36.1 Å². The average Bonchev–Trinajstić information content (AvgIpc) is 3.29. The highest BCUT2D eigenvalue weighted by Gasteiger charge is 2.53. The molecular weight excluding hydrogens is 320 g/mol. The lowest BCUT2D eigenvalue weighted by Crippen LogP contribution is -2.35. The predicted molar refractivity (Wildman–Crippen MR) is 104 cm³/mol. The van der Waals surface area contributed by atoms with E-state index in [9.17, 15) is 4.79 Å². The van der Waals surface area contributed by atoms with Gasteiger partial charge in [0.2, 0.25) is 0 Å².